The van der Waals surface area contributed by atoms with Crippen LogP contribution in [0.2, 0.25) is 0 Å². The maximum absolute atomic E-state index is 12.6. The van der Waals surface area contributed by atoms with E-state index in [1.807, 2.05) is 5.32 Å². The number of esters is 1. The zero-order valence-electron chi connectivity index (χ0n) is 16.6. The SMILES string of the molecule is CC(C)(C)OC(=O)C(OC(=O)N[C@H](CCC(=O)O)C(=O)O)c1ccccc1[NH+]([O-])O. The fourth-order valence-electron chi connectivity index (χ4n) is 2.32. The summed E-state index contributed by atoms with van der Waals surface area (Å²) in [7, 11) is 0. The second-order valence-corrected chi connectivity index (χ2v) is 7.18. The summed E-state index contributed by atoms with van der Waals surface area (Å²) in [6.45, 7) is 4.66. The van der Waals surface area contributed by atoms with Crippen LogP contribution in [0.25, 0.3) is 0 Å². The molecule has 0 bridgehead atoms. The number of hydrogen-bond donors (Lipinski definition) is 5. The molecule has 0 aliphatic rings. The molecule has 5 N–H and O–H groups in total. The van der Waals surface area contributed by atoms with E-state index in [1.54, 1.807) is 20.8 Å². The van der Waals surface area contributed by atoms with Crippen molar-refractivity contribution in [3.63, 3.8) is 0 Å². The van der Waals surface area contributed by atoms with Crippen LogP contribution in [-0.2, 0) is 23.9 Å². The van der Waals surface area contributed by atoms with Gasteiger partial charge in [-0.15, -0.1) is 0 Å². The number of carboxylic acid groups (broad SMARTS) is 2. The number of rotatable bonds is 9. The van der Waals surface area contributed by atoms with Crippen LogP contribution in [0.15, 0.2) is 24.3 Å². The summed E-state index contributed by atoms with van der Waals surface area (Å²) < 4.78 is 10.2. The molecular formula is C18H24N2O10. The molecule has 30 heavy (non-hydrogen) atoms. The maximum atomic E-state index is 12.6. The lowest BCUT2D eigenvalue weighted by atomic mass is 10.1. The topological polar surface area (TPSA) is 187 Å². The molecule has 1 aromatic carbocycles. The lowest BCUT2D eigenvalue weighted by Crippen LogP contribution is -2.99. The molecule has 3 atom stereocenters. The number of carbonyl (C=O) groups is 4. The van der Waals surface area contributed by atoms with Crippen LogP contribution in [0.4, 0.5) is 10.5 Å². The average Bonchev–Trinajstić information content (AvgIpc) is 2.61. The number of ether oxygens (including phenoxy) is 2. The predicted molar refractivity (Wildman–Crippen MR) is 98.7 cm³/mol. The number of quaternary nitrogens is 1. The van der Waals surface area contributed by atoms with Crippen molar-refractivity contribution in [3.8, 4) is 0 Å². The van der Waals surface area contributed by atoms with E-state index in [9.17, 15) is 29.6 Å². The first-order chi connectivity index (χ1) is 13.8. The van der Waals surface area contributed by atoms with Gasteiger partial charge in [0.05, 0.1) is 5.56 Å². The van der Waals surface area contributed by atoms with E-state index in [1.165, 1.54) is 24.3 Å². The number of aliphatic carboxylic acids is 2. The van der Waals surface area contributed by atoms with Gasteiger partial charge in [-0.2, -0.15) is 5.23 Å². The van der Waals surface area contributed by atoms with Crippen molar-refractivity contribution in [2.24, 2.45) is 0 Å². The molecule has 0 fully saturated rings. The Balaban J connectivity index is 3.14. The quantitative estimate of drug-likeness (QED) is 0.274. The van der Waals surface area contributed by atoms with Gasteiger partial charge in [0.2, 0.25) is 6.10 Å². The van der Waals surface area contributed by atoms with Gasteiger partial charge in [-0.25, -0.2) is 19.6 Å². The highest BCUT2D eigenvalue weighted by atomic mass is 16.8. The van der Waals surface area contributed by atoms with Gasteiger partial charge in [-0.1, -0.05) is 12.1 Å². The molecule has 0 saturated carbocycles. The third kappa shape index (κ3) is 8.03. The van der Waals surface area contributed by atoms with E-state index in [-0.39, 0.29) is 11.3 Å². The van der Waals surface area contributed by atoms with E-state index in [0.717, 1.165) is 0 Å². The van der Waals surface area contributed by atoms with Crippen LogP contribution in [0.1, 0.15) is 45.3 Å². The maximum Gasteiger partial charge on any atom is 0.409 e. The number of amides is 1. The molecule has 0 heterocycles. The highest BCUT2D eigenvalue weighted by molar-refractivity contribution is 5.84. The molecule has 0 saturated heterocycles. The van der Waals surface area contributed by atoms with Crippen LogP contribution < -0.4 is 10.5 Å². The smallest absolute Gasteiger partial charge is 0.409 e. The largest absolute Gasteiger partial charge is 0.595 e. The van der Waals surface area contributed by atoms with Gasteiger partial charge >= 0.3 is 24.0 Å². The molecule has 0 aromatic heterocycles. The van der Waals surface area contributed by atoms with Gasteiger partial charge in [0.15, 0.2) is 5.69 Å². The Morgan fingerprint density at radius 3 is 2.27 bits per heavy atom. The molecule has 1 rings (SSSR count). The minimum absolute atomic E-state index is 0.174. The van der Waals surface area contributed by atoms with Crippen molar-refractivity contribution in [3.05, 3.63) is 35.0 Å². The molecule has 0 aliphatic carbocycles. The third-order valence-corrected chi connectivity index (χ3v) is 3.56. The highest BCUT2D eigenvalue weighted by Gasteiger charge is 2.34. The molecule has 12 nitrogen and oxygen atoms in total. The molecule has 0 radical (unpaired) electrons. The van der Waals surface area contributed by atoms with Crippen LogP contribution >= 0.6 is 0 Å². The molecule has 166 valence electrons. The lowest BCUT2D eigenvalue weighted by molar-refractivity contribution is -0.991. The van der Waals surface area contributed by atoms with Crippen molar-refractivity contribution >= 4 is 29.7 Å². The third-order valence-electron chi connectivity index (χ3n) is 3.56. The lowest BCUT2D eigenvalue weighted by Gasteiger charge is -2.26. The summed E-state index contributed by atoms with van der Waals surface area (Å²) in [5.74, 6) is -3.84. The van der Waals surface area contributed by atoms with Crippen LogP contribution in [0.3, 0.4) is 0 Å². The first kappa shape index (κ1) is 24.8. The van der Waals surface area contributed by atoms with Gasteiger partial charge in [-0.3, -0.25) is 4.79 Å². The second-order valence-electron chi connectivity index (χ2n) is 7.18. The number of hydrogen-bond acceptors (Lipinski definition) is 8. The normalized spacial score (nSPS) is 14.2. The van der Waals surface area contributed by atoms with Crippen molar-refractivity contribution in [1.82, 2.24) is 5.32 Å². The second kappa shape index (κ2) is 10.5. The van der Waals surface area contributed by atoms with Gasteiger partial charge in [0, 0.05) is 12.5 Å². The first-order valence-corrected chi connectivity index (χ1v) is 8.78. The number of benzene rings is 1. The van der Waals surface area contributed by atoms with Crippen molar-refractivity contribution in [2.75, 3.05) is 0 Å². The summed E-state index contributed by atoms with van der Waals surface area (Å²) in [5.41, 5.74) is -1.48. The summed E-state index contributed by atoms with van der Waals surface area (Å²) in [6.07, 6.45) is -4.12. The van der Waals surface area contributed by atoms with Gasteiger partial charge in [0.1, 0.15) is 11.6 Å². The van der Waals surface area contributed by atoms with Gasteiger partial charge in [0.25, 0.3) is 0 Å². The minimum Gasteiger partial charge on any atom is -0.595 e. The van der Waals surface area contributed by atoms with Crippen molar-refractivity contribution in [1.29, 1.82) is 0 Å². The summed E-state index contributed by atoms with van der Waals surface area (Å²) >= 11 is 0. The summed E-state index contributed by atoms with van der Waals surface area (Å²) in [5, 5.41) is 39.2. The van der Waals surface area contributed by atoms with Crippen molar-refractivity contribution in [2.45, 2.75) is 51.4 Å². The predicted octanol–water partition coefficient (Wildman–Crippen LogP) is 0.517. The fourth-order valence-corrected chi connectivity index (χ4v) is 2.32. The number of carboxylic acids is 2. The molecule has 1 aromatic rings. The summed E-state index contributed by atoms with van der Waals surface area (Å²) in [6, 6.07) is 3.69. The van der Waals surface area contributed by atoms with E-state index in [4.69, 9.17) is 19.7 Å². The Labute approximate surface area is 171 Å². The molecule has 1 amide bonds. The Hall–Kier alpha value is -3.22. The first-order valence-electron chi connectivity index (χ1n) is 8.78. The standard InChI is InChI=1S/C18H24N2O10/c1-18(2,3)30-16(25)14(10-6-4-5-7-12(10)20(27)28)29-17(26)19-11(15(23)24)8-9-13(21)22/h4-7,11,14,20,27H,8-9H2,1-3H3,(H,19,26)(H,21,22)(H,23,24)/t11-,14?/m1/s1. The van der Waals surface area contributed by atoms with Crippen LogP contribution in [0.5, 0.6) is 0 Å². The number of para-hydroxylation sites is 1. The van der Waals surface area contributed by atoms with Crippen LogP contribution in [-0.4, -0.2) is 51.1 Å². The fraction of sp³-hybridized carbons (Fsp3) is 0.444. The molecule has 12 heteroatoms. The van der Waals surface area contributed by atoms with Crippen molar-refractivity contribution < 1.29 is 49.3 Å². The molecular weight excluding hydrogens is 404 g/mol. The Morgan fingerprint density at radius 1 is 1.17 bits per heavy atom. The molecule has 0 spiro atoms. The minimum atomic E-state index is -1.80. The molecule has 0 aliphatic heterocycles. The number of carbonyl (C=O) groups excluding carboxylic acids is 2. The average molecular weight is 428 g/mol. The zero-order chi connectivity index (χ0) is 23.1. The number of alkyl carbamates (subject to hydrolysis) is 1. The Morgan fingerprint density at radius 2 is 1.77 bits per heavy atom. The summed E-state index contributed by atoms with van der Waals surface area (Å²) in [4.78, 5) is 46.7. The van der Waals surface area contributed by atoms with Gasteiger partial charge < -0.3 is 30.2 Å². The Bertz CT molecular complexity index is 787. The van der Waals surface area contributed by atoms with E-state index >= 15 is 0 Å². The van der Waals surface area contributed by atoms with E-state index in [2.05, 4.69) is 0 Å². The van der Waals surface area contributed by atoms with E-state index in [0.29, 0.717) is 0 Å². The Kier molecular flexibility index (Phi) is 8.71. The van der Waals surface area contributed by atoms with Crippen LogP contribution in [0, 0.1) is 5.21 Å². The van der Waals surface area contributed by atoms with E-state index < -0.39 is 59.8 Å². The zero-order valence-corrected chi connectivity index (χ0v) is 16.6. The van der Waals surface area contributed by atoms with Gasteiger partial charge in [-0.05, 0) is 33.3 Å². The highest BCUT2D eigenvalue weighted by Crippen LogP contribution is 2.27. The monoisotopic (exact) mass is 428 g/mol. The molecule has 2 unspecified atom stereocenters. The number of nitrogens with one attached hydrogen (secondary N) is 2.